The summed E-state index contributed by atoms with van der Waals surface area (Å²) in [6.45, 7) is 1.77. The van der Waals surface area contributed by atoms with Gasteiger partial charge in [-0.25, -0.2) is 0 Å². The van der Waals surface area contributed by atoms with Crippen LogP contribution in [0.3, 0.4) is 0 Å². The maximum atomic E-state index is 10.3. The Bertz CT molecular complexity index is 291. The van der Waals surface area contributed by atoms with E-state index in [4.69, 9.17) is 0 Å². The molecule has 1 fully saturated rings. The summed E-state index contributed by atoms with van der Waals surface area (Å²) in [5.74, 6) is 0. The van der Waals surface area contributed by atoms with Crippen molar-refractivity contribution in [3.63, 3.8) is 0 Å². The van der Waals surface area contributed by atoms with Gasteiger partial charge in [-0.3, -0.25) is 4.90 Å². The van der Waals surface area contributed by atoms with Crippen LogP contribution in [0.15, 0.2) is 17.5 Å². The molecule has 1 aliphatic carbocycles. The van der Waals surface area contributed by atoms with Crippen LogP contribution >= 0.6 is 11.3 Å². The van der Waals surface area contributed by atoms with Crippen molar-refractivity contribution >= 4 is 11.3 Å². The molecule has 0 saturated heterocycles. The molecular formula is C12H19NOS. The Hall–Kier alpha value is -0.380. The van der Waals surface area contributed by atoms with Crippen molar-refractivity contribution in [2.45, 2.75) is 37.8 Å². The molecular weight excluding hydrogens is 206 g/mol. The van der Waals surface area contributed by atoms with Crippen LogP contribution in [-0.4, -0.2) is 29.2 Å². The van der Waals surface area contributed by atoms with Gasteiger partial charge in [0, 0.05) is 18.0 Å². The second-order valence-electron chi connectivity index (χ2n) is 4.68. The highest BCUT2D eigenvalue weighted by Crippen LogP contribution is 2.30. The van der Waals surface area contributed by atoms with E-state index in [0.717, 1.165) is 25.9 Å². The molecule has 3 heteroatoms. The summed E-state index contributed by atoms with van der Waals surface area (Å²) >= 11 is 1.78. The zero-order valence-corrected chi connectivity index (χ0v) is 10.1. The van der Waals surface area contributed by atoms with E-state index in [1.165, 1.54) is 17.7 Å². The van der Waals surface area contributed by atoms with Gasteiger partial charge in [0.15, 0.2) is 0 Å². The normalized spacial score (nSPS) is 19.9. The fraction of sp³-hybridized carbons (Fsp3) is 0.667. The number of rotatable bonds is 4. The highest BCUT2D eigenvalue weighted by molar-refractivity contribution is 7.09. The van der Waals surface area contributed by atoms with Gasteiger partial charge < -0.3 is 5.11 Å². The van der Waals surface area contributed by atoms with E-state index in [1.54, 1.807) is 11.3 Å². The van der Waals surface area contributed by atoms with Crippen molar-refractivity contribution in [2.75, 3.05) is 13.6 Å². The Labute approximate surface area is 95.5 Å². The first kappa shape index (κ1) is 11.1. The van der Waals surface area contributed by atoms with Gasteiger partial charge in [0.25, 0.3) is 0 Å². The fourth-order valence-electron chi connectivity index (χ4n) is 2.42. The molecule has 2 rings (SSSR count). The SMILES string of the molecule is CN(Cc1cccs1)CC1(O)CCCC1. The van der Waals surface area contributed by atoms with Crippen LogP contribution in [0.1, 0.15) is 30.6 Å². The number of likely N-dealkylation sites (N-methyl/N-ethyl adjacent to an activating group) is 1. The van der Waals surface area contributed by atoms with Gasteiger partial charge in [-0.05, 0) is 31.3 Å². The van der Waals surface area contributed by atoms with Gasteiger partial charge in [-0.2, -0.15) is 0 Å². The monoisotopic (exact) mass is 225 g/mol. The first-order valence-electron chi connectivity index (χ1n) is 5.61. The quantitative estimate of drug-likeness (QED) is 0.851. The lowest BCUT2D eigenvalue weighted by Crippen LogP contribution is -2.38. The van der Waals surface area contributed by atoms with Crippen molar-refractivity contribution in [1.82, 2.24) is 4.90 Å². The largest absolute Gasteiger partial charge is 0.389 e. The summed E-state index contributed by atoms with van der Waals surface area (Å²) in [6.07, 6.45) is 4.32. The lowest BCUT2D eigenvalue weighted by Gasteiger charge is -2.28. The number of aliphatic hydroxyl groups is 1. The van der Waals surface area contributed by atoms with E-state index in [1.807, 2.05) is 0 Å². The molecule has 0 bridgehead atoms. The van der Waals surface area contributed by atoms with Crippen molar-refractivity contribution in [1.29, 1.82) is 0 Å². The minimum atomic E-state index is -0.411. The molecule has 0 amide bonds. The molecule has 0 atom stereocenters. The molecule has 0 spiro atoms. The predicted octanol–water partition coefficient (Wildman–Crippen LogP) is 2.49. The van der Waals surface area contributed by atoms with Gasteiger partial charge in [-0.1, -0.05) is 18.9 Å². The molecule has 1 saturated carbocycles. The average Bonchev–Trinajstić information content (AvgIpc) is 2.76. The van der Waals surface area contributed by atoms with E-state index in [9.17, 15) is 5.11 Å². The molecule has 0 radical (unpaired) electrons. The maximum Gasteiger partial charge on any atom is 0.0774 e. The molecule has 0 aromatic carbocycles. The van der Waals surface area contributed by atoms with E-state index < -0.39 is 5.60 Å². The Balaban J connectivity index is 1.84. The molecule has 0 aliphatic heterocycles. The number of hydrogen-bond donors (Lipinski definition) is 1. The summed E-state index contributed by atoms with van der Waals surface area (Å²) in [5, 5.41) is 12.4. The molecule has 1 aromatic rings. The summed E-state index contributed by atoms with van der Waals surface area (Å²) < 4.78 is 0. The van der Waals surface area contributed by atoms with Crippen molar-refractivity contribution in [2.24, 2.45) is 0 Å². The summed E-state index contributed by atoms with van der Waals surface area (Å²) in [5.41, 5.74) is -0.411. The third-order valence-corrected chi connectivity index (χ3v) is 3.97. The average molecular weight is 225 g/mol. The Morgan fingerprint density at radius 3 is 2.80 bits per heavy atom. The topological polar surface area (TPSA) is 23.5 Å². The zero-order chi connectivity index (χ0) is 10.7. The summed E-state index contributed by atoms with van der Waals surface area (Å²) in [4.78, 5) is 3.61. The van der Waals surface area contributed by atoms with Crippen LogP contribution in [0.25, 0.3) is 0 Å². The highest BCUT2D eigenvalue weighted by Gasteiger charge is 2.31. The van der Waals surface area contributed by atoms with E-state index in [0.29, 0.717) is 0 Å². The zero-order valence-electron chi connectivity index (χ0n) is 9.28. The van der Waals surface area contributed by atoms with Crippen molar-refractivity contribution in [3.8, 4) is 0 Å². The van der Waals surface area contributed by atoms with Crippen molar-refractivity contribution < 1.29 is 5.11 Å². The van der Waals surface area contributed by atoms with Gasteiger partial charge in [0.05, 0.1) is 5.60 Å². The highest BCUT2D eigenvalue weighted by atomic mass is 32.1. The minimum absolute atomic E-state index is 0.411. The van der Waals surface area contributed by atoms with Gasteiger partial charge >= 0.3 is 0 Å². The van der Waals surface area contributed by atoms with Crippen LogP contribution in [0.5, 0.6) is 0 Å². The Morgan fingerprint density at radius 2 is 2.20 bits per heavy atom. The molecule has 1 heterocycles. The Morgan fingerprint density at radius 1 is 1.47 bits per heavy atom. The van der Waals surface area contributed by atoms with E-state index >= 15 is 0 Å². The van der Waals surface area contributed by atoms with Crippen LogP contribution < -0.4 is 0 Å². The number of nitrogens with zero attached hydrogens (tertiary/aromatic N) is 1. The van der Waals surface area contributed by atoms with E-state index in [2.05, 4.69) is 29.5 Å². The lowest BCUT2D eigenvalue weighted by molar-refractivity contribution is 0.0147. The van der Waals surface area contributed by atoms with Gasteiger partial charge in [0.2, 0.25) is 0 Å². The molecule has 2 nitrogen and oxygen atoms in total. The maximum absolute atomic E-state index is 10.3. The smallest absolute Gasteiger partial charge is 0.0774 e. The van der Waals surface area contributed by atoms with Gasteiger partial charge in [-0.15, -0.1) is 11.3 Å². The molecule has 0 unspecified atom stereocenters. The lowest BCUT2D eigenvalue weighted by atomic mass is 10.0. The Kier molecular flexibility index (Phi) is 3.44. The van der Waals surface area contributed by atoms with Crippen molar-refractivity contribution in [3.05, 3.63) is 22.4 Å². The number of hydrogen-bond acceptors (Lipinski definition) is 3. The molecule has 1 aliphatic rings. The molecule has 15 heavy (non-hydrogen) atoms. The minimum Gasteiger partial charge on any atom is -0.389 e. The first-order valence-corrected chi connectivity index (χ1v) is 6.49. The standard InChI is InChI=1S/C12H19NOS/c1-13(9-11-5-4-8-15-11)10-12(14)6-2-3-7-12/h4-5,8,14H,2-3,6-7,9-10H2,1H3. The third kappa shape index (κ3) is 3.03. The summed E-state index contributed by atoms with van der Waals surface area (Å²) in [7, 11) is 2.09. The third-order valence-electron chi connectivity index (χ3n) is 3.10. The second-order valence-corrected chi connectivity index (χ2v) is 5.72. The number of thiophene rings is 1. The van der Waals surface area contributed by atoms with Gasteiger partial charge in [0.1, 0.15) is 0 Å². The van der Waals surface area contributed by atoms with E-state index in [-0.39, 0.29) is 0 Å². The van der Waals surface area contributed by atoms with Crippen LogP contribution in [0.4, 0.5) is 0 Å². The molecule has 1 aromatic heterocycles. The second kappa shape index (κ2) is 4.64. The van der Waals surface area contributed by atoms with Crippen LogP contribution in [0, 0.1) is 0 Å². The molecule has 84 valence electrons. The fourth-order valence-corrected chi connectivity index (χ4v) is 3.20. The van der Waals surface area contributed by atoms with Crippen LogP contribution in [-0.2, 0) is 6.54 Å². The first-order chi connectivity index (χ1) is 7.18. The predicted molar refractivity (Wildman–Crippen MR) is 64.1 cm³/mol. The van der Waals surface area contributed by atoms with Crippen LogP contribution in [0.2, 0.25) is 0 Å². The molecule has 1 N–H and O–H groups in total. The summed E-state index contributed by atoms with van der Waals surface area (Å²) in [6, 6.07) is 4.23.